The summed E-state index contributed by atoms with van der Waals surface area (Å²) in [5.41, 5.74) is 4.24. The standard InChI is InChI=1S/C13H14N2O/c1-7-15-6-11-12(16-7)3-10-8-2-9(13(10)11)5-14-4-8/h3,6,8-9,14H,2,4-5H2,1H3. The van der Waals surface area contributed by atoms with Crippen molar-refractivity contribution >= 4 is 0 Å². The summed E-state index contributed by atoms with van der Waals surface area (Å²) in [5, 5.41) is 3.50. The van der Waals surface area contributed by atoms with Crippen molar-refractivity contribution in [2.24, 2.45) is 0 Å². The molecule has 0 spiro atoms. The molecule has 3 heteroatoms. The van der Waals surface area contributed by atoms with Gasteiger partial charge in [0, 0.05) is 31.8 Å². The average molecular weight is 214 g/mol. The van der Waals surface area contributed by atoms with Crippen molar-refractivity contribution in [2.45, 2.75) is 25.2 Å². The lowest BCUT2D eigenvalue weighted by molar-refractivity contribution is 0.449. The topological polar surface area (TPSA) is 38.1 Å². The highest BCUT2D eigenvalue weighted by Crippen LogP contribution is 2.50. The van der Waals surface area contributed by atoms with Gasteiger partial charge in [0.05, 0.1) is 0 Å². The Kier molecular flexibility index (Phi) is 1.56. The summed E-state index contributed by atoms with van der Waals surface area (Å²) in [4.78, 5) is 4.28. The van der Waals surface area contributed by atoms with Gasteiger partial charge in [0.25, 0.3) is 0 Å². The summed E-state index contributed by atoms with van der Waals surface area (Å²) >= 11 is 0. The number of nitrogens with zero attached hydrogens (tertiary/aromatic N) is 1. The summed E-state index contributed by atoms with van der Waals surface area (Å²) in [5.74, 6) is 3.14. The van der Waals surface area contributed by atoms with Crippen LogP contribution in [0.15, 0.2) is 16.7 Å². The molecule has 0 aromatic rings. The van der Waals surface area contributed by atoms with E-state index < -0.39 is 0 Å². The van der Waals surface area contributed by atoms with E-state index in [9.17, 15) is 0 Å². The van der Waals surface area contributed by atoms with Crippen molar-refractivity contribution < 1.29 is 4.42 Å². The van der Waals surface area contributed by atoms with E-state index in [1.54, 1.807) is 0 Å². The molecule has 2 bridgehead atoms. The fourth-order valence-corrected chi connectivity index (χ4v) is 3.34. The number of rotatable bonds is 0. The molecule has 2 unspecified atom stereocenters. The minimum atomic E-state index is 0.672. The van der Waals surface area contributed by atoms with Crippen molar-refractivity contribution in [3.63, 3.8) is 0 Å². The molecule has 1 saturated heterocycles. The Labute approximate surface area is 94.2 Å². The van der Waals surface area contributed by atoms with E-state index in [2.05, 4.69) is 16.4 Å². The Morgan fingerprint density at radius 2 is 2.25 bits per heavy atom. The number of fused-ring (bicyclic) bond motifs is 7. The molecule has 4 rings (SSSR count). The first-order valence-corrected chi connectivity index (χ1v) is 5.92. The largest absolute Gasteiger partial charge is 0.443 e. The van der Waals surface area contributed by atoms with Gasteiger partial charge < -0.3 is 9.73 Å². The lowest BCUT2D eigenvalue weighted by Gasteiger charge is -2.21. The second-order valence-corrected chi connectivity index (χ2v) is 4.96. The first kappa shape index (κ1) is 8.76. The van der Waals surface area contributed by atoms with E-state index in [0.29, 0.717) is 11.8 Å². The third-order valence-corrected chi connectivity index (χ3v) is 3.98. The van der Waals surface area contributed by atoms with E-state index in [4.69, 9.17) is 4.42 Å². The van der Waals surface area contributed by atoms with Gasteiger partial charge in [0.1, 0.15) is 5.76 Å². The molecule has 4 aliphatic rings. The highest BCUT2D eigenvalue weighted by atomic mass is 16.3. The first-order chi connectivity index (χ1) is 7.83. The molecule has 2 heterocycles. The van der Waals surface area contributed by atoms with Gasteiger partial charge in [-0.25, -0.2) is 4.98 Å². The maximum Gasteiger partial charge on any atom is 0.191 e. The number of hydrogen-bond donors (Lipinski definition) is 1. The Morgan fingerprint density at radius 3 is 3.19 bits per heavy atom. The average Bonchev–Trinajstić information content (AvgIpc) is 2.76. The predicted molar refractivity (Wildman–Crippen MR) is 60.8 cm³/mol. The maximum atomic E-state index is 5.69. The third kappa shape index (κ3) is 0.990. The van der Waals surface area contributed by atoms with Crippen molar-refractivity contribution in [1.29, 1.82) is 0 Å². The summed E-state index contributed by atoms with van der Waals surface area (Å²) in [6.07, 6.45) is 3.29. The molecule has 0 aromatic heterocycles. The maximum absolute atomic E-state index is 5.69. The quantitative estimate of drug-likeness (QED) is 0.731. The summed E-state index contributed by atoms with van der Waals surface area (Å²) in [6.45, 7) is 4.13. The van der Waals surface area contributed by atoms with Crippen LogP contribution in [-0.2, 0) is 0 Å². The molecule has 82 valence electrons. The van der Waals surface area contributed by atoms with E-state index in [-0.39, 0.29) is 0 Å². The van der Waals surface area contributed by atoms with E-state index in [1.165, 1.54) is 23.1 Å². The van der Waals surface area contributed by atoms with E-state index in [1.807, 2.05) is 13.1 Å². The normalized spacial score (nSPS) is 27.3. The Balaban J connectivity index is 2.00. The molecule has 0 saturated carbocycles. The van der Waals surface area contributed by atoms with Gasteiger partial charge in [-0.15, -0.1) is 0 Å². The Morgan fingerprint density at radius 1 is 1.38 bits per heavy atom. The molecule has 2 atom stereocenters. The molecular weight excluding hydrogens is 200 g/mol. The molecule has 1 fully saturated rings. The zero-order chi connectivity index (χ0) is 10.7. The van der Waals surface area contributed by atoms with Crippen LogP contribution in [0.5, 0.6) is 0 Å². The Bertz CT molecular complexity index is 531. The summed E-state index contributed by atoms with van der Waals surface area (Å²) in [6, 6.07) is 2.23. The fraction of sp³-hybridized carbons (Fsp3) is 0.462. The van der Waals surface area contributed by atoms with Crippen LogP contribution in [0, 0.1) is 6.92 Å². The molecule has 0 radical (unpaired) electrons. The van der Waals surface area contributed by atoms with Crippen molar-refractivity contribution in [3.8, 4) is 11.3 Å². The minimum Gasteiger partial charge on any atom is -0.443 e. The van der Waals surface area contributed by atoms with Crippen LogP contribution < -0.4 is 5.32 Å². The second-order valence-electron chi connectivity index (χ2n) is 4.96. The van der Waals surface area contributed by atoms with Crippen molar-refractivity contribution in [1.82, 2.24) is 10.3 Å². The number of nitrogens with one attached hydrogen (secondary N) is 1. The van der Waals surface area contributed by atoms with E-state index >= 15 is 0 Å². The molecule has 2 aliphatic heterocycles. The Hall–Kier alpha value is -1.35. The van der Waals surface area contributed by atoms with Crippen LogP contribution in [0.25, 0.3) is 11.3 Å². The van der Waals surface area contributed by atoms with Crippen LogP contribution >= 0.6 is 0 Å². The highest BCUT2D eigenvalue weighted by Gasteiger charge is 2.38. The van der Waals surface area contributed by atoms with E-state index in [0.717, 1.165) is 24.7 Å². The van der Waals surface area contributed by atoms with Crippen LogP contribution in [0.2, 0.25) is 0 Å². The van der Waals surface area contributed by atoms with Crippen LogP contribution in [0.3, 0.4) is 0 Å². The summed E-state index contributed by atoms with van der Waals surface area (Å²) in [7, 11) is 0. The molecule has 2 aliphatic carbocycles. The SMILES string of the molecule is Cc1ncc2c3c(cc-2o1)C1CNCC3C1. The number of piperidine rings is 1. The lowest BCUT2D eigenvalue weighted by atomic mass is 9.95. The van der Waals surface area contributed by atoms with Gasteiger partial charge in [-0.2, -0.15) is 0 Å². The number of aryl methyl sites for hydroxylation is 1. The van der Waals surface area contributed by atoms with Gasteiger partial charge in [-0.05, 0) is 35.4 Å². The smallest absolute Gasteiger partial charge is 0.191 e. The summed E-state index contributed by atoms with van der Waals surface area (Å²) < 4.78 is 5.69. The minimum absolute atomic E-state index is 0.672. The first-order valence-electron chi connectivity index (χ1n) is 5.92. The zero-order valence-electron chi connectivity index (χ0n) is 9.29. The molecule has 0 aromatic carbocycles. The van der Waals surface area contributed by atoms with Crippen LogP contribution in [0.4, 0.5) is 0 Å². The van der Waals surface area contributed by atoms with Crippen molar-refractivity contribution in [3.05, 3.63) is 29.3 Å². The van der Waals surface area contributed by atoms with Crippen LogP contribution in [-0.4, -0.2) is 18.1 Å². The molecule has 1 N–H and O–H groups in total. The zero-order valence-corrected chi connectivity index (χ0v) is 9.29. The molecule has 16 heavy (non-hydrogen) atoms. The molecule has 3 nitrogen and oxygen atoms in total. The van der Waals surface area contributed by atoms with Gasteiger partial charge in [0.15, 0.2) is 5.89 Å². The molecule has 0 amide bonds. The highest BCUT2D eigenvalue weighted by molar-refractivity contribution is 5.71. The van der Waals surface area contributed by atoms with Gasteiger partial charge in [-0.1, -0.05) is 0 Å². The second kappa shape index (κ2) is 2.86. The third-order valence-electron chi connectivity index (χ3n) is 3.98. The van der Waals surface area contributed by atoms with Gasteiger partial charge in [-0.3, -0.25) is 0 Å². The van der Waals surface area contributed by atoms with Crippen molar-refractivity contribution in [2.75, 3.05) is 13.1 Å². The van der Waals surface area contributed by atoms with Gasteiger partial charge in [0.2, 0.25) is 0 Å². The lowest BCUT2D eigenvalue weighted by Crippen LogP contribution is -2.29. The fourth-order valence-electron chi connectivity index (χ4n) is 3.34. The number of hydrogen-bond acceptors (Lipinski definition) is 3. The van der Waals surface area contributed by atoms with Crippen LogP contribution in [0.1, 0.15) is 35.3 Å². The molecular formula is C13H14N2O. The van der Waals surface area contributed by atoms with Gasteiger partial charge >= 0.3 is 0 Å². The monoisotopic (exact) mass is 214 g/mol. The predicted octanol–water partition coefficient (Wildman–Crippen LogP) is 2.26. The number of aromatic nitrogens is 1.